The second kappa shape index (κ2) is 3.55. The third-order valence-electron chi connectivity index (χ3n) is 2.21. The molecule has 1 aromatic carbocycles. The molecule has 0 saturated heterocycles. The summed E-state index contributed by atoms with van der Waals surface area (Å²) in [7, 11) is 0. The lowest BCUT2D eigenvalue weighted by Gasteiger charge is -2.00. The predicted molar refractivity (Wildman–Crippen MR) is 63.0 cm³/mol. The largest absolute Gasteiger partial charge is 0.477 e. The van der Waals surface area contributed by atoms with E-state index in [2.05, 4.69) is 22.5 Å². The molecule has 0 aliphatic rings. The number of hydrogen-bond acceptors (Lipinski definition) is 1. The number of carboxylic acid groups (broad SMARTS) is 1. The lowest BCUT2D eigenvalue weighted by Crippen LogP contribution is -2.02. The molecule has 0 aliphatic carbocycles. The van der Waals surface area contributed by atoms with Gasteiger partial charge in [0.05, 0.1) is 5.52 Å². The van der Waals surface area contributed by atoms with Gasteiger partial charge in [0.1, 0.15) is 5.69 Å². The number of carbonyl (C=O) groups is 1. The molecule has 0 bridgehead atoms. The Kier molecular flexibility index (Phi) is 2.36. The summed E-state index contributed by atoms with van der Waals surface area (Å²) in [4.78, 5) is 11.0. The zero-order valence-electron chi connectivity index (χ0n) is 7.77. The van der Waals surface area contributed by atoms with E-state index in [1.54, 1.807) is 10.6 Å². The third-order valence-corrected chi connectivity index (χ3v) is 2.70. The Morgan fingerprint density at radius 1 is 1.47 bits per heavy atom. The average molecular weight is 266 g/mol. The molecule has 0 unspecified atom stereocenters. The zero-order chi connectivity index (χ0) is 11.0. The lowest BCUT2D eigenvalue weighted by molar-refractivity contribution is 0.0689. The summed E-state index contributed by atoms with van der Waals surface area (Å²) >= 11 is 3.35. The highest BCUT2D eigenvalue weighted by Gasteiger charge is 2.12. The molecule has 0 atom stereocenters. The highest BCUT2D eigenvalue weighted by molar-refractivity contribution is 9.10. The van der Waals surface area contributed by atoms with Crippen molar-refractivity contribution in [3.05, 3.63) is 41.0 Å². The first-order chi connectivity index (χ1) is 7.13. The van der Waals surface area contributed by atoms with Crippen LogP contribution in [0.4, 0.5) is 0 Å². The van der Waals surface area contributed by atoms with Gasteiger partial charge in [-0.3, -0.25) is 0 Å². The highest BCUT2D eigenvalue weighted by atomic mass is 79.9. The molecule has 1 aromatic heterocycles. The molecule has 1 heterocycles. The van der Waals surface area contributed by atoms with Crippen LogP contribution in [0.2, 0.25) is 0 Å². The van der Waals surface area contributed by atoms with Crippen LogP contribution in [0.1, 0.15) is 10.5 Å². The van der Waals surface area contributed by atoms with E-state index in [0.29, 0.717) is 0 Å². The minimum absolute atomic E-state index is 0.220. The summed E-state index contributed by atoms with van der Waals surface area (Å²) in [6.07, 6.45) is 1.50. The van der Waals surface area contributed by atoms with E-state index >= 15 is 0 Å². The number of rotatable bonds is 2. The van der Waals surface area contributed by atoms with E-state index < -0.39 is 5.97 Å². The number of aromatic carboxylic acids is 1. The van der Waals surface area contributed by atoms with Crippen molar-refractivity contribution in [2.75, 3.05) is 0 Å². The number of aromatic nitrogens is 1. The Morgan fingerprint density at radius 3 is 2.80 bits per heavy atom. The van der Waals surface area contributed by atoms with Crippen LogP contribution < -0.4 is 0 Å². The Balaban J connectivity index is 2.85. The molecule has 0 amide bonds. The maximum absolute atomic E-state index is 11.0. The van der Waals surface area contributed by atoms with Crippen LogP contribution in [0, 0.1) is 0 Å². The number of benzene rings is 1. The molecule has 0 aliphatic heterocycles. The topological polar surface area (TPSA) is 42.2 Å². The summed E-state index contributed by atoms with van der Waals surface area (Å²) < 4.78 is 2.47. The van der Waals surface area contributed by atoms with Crippen LogP contribution in [0.25, 0.3) is 17.1 Å². The molecule has 1 N–H and O–H groups in total. The van der Waals surface area contributed by atoms with Crippen molar-refractivity contribution in [1.29, 1.82) is 0 Å². The Hall–Kier alpha value is -1.55. The monoisotopic (exact) mass is 265 g/mol. The molecule has 0 radical (unpaired) electrons. The van der Waals surface area contributed by atoms with E-state index in [-0.39, 0.29) is 5.69 Å². The first kappa shape index (κ1) is 9.98. The molecule has 2 rings (SSSR count). The third kappa shape index (κ3) is 1.57. The fourth-order valence-corrected chi connectivity index (χ4v) is 1.90. The van der Waals surface area contributed by atoms with Gasteiger partial charge in [-0.2, -0.15) is 0 Å². The first-order valence-electron chi connectivity index (χ1n) is 4.30. The van der Waals surface area contributed by atoms with E-state index in [0.717, 1.165) is 15.4 Å². The van der Waals surface area contributed by atoms with Gasteiger partial charge >= 0.3 is 5.97 Å². The quantitative estimate of drug-likeness (QED) is 0.906. The van der Waals surface area contributed by atoms with Crippen LogP contribution >= 0.6 is 15.9 Å². The molecule has 0 saturated carbocycles. The fourth-order valence-electron chi connectivity index (χ4n) is 1.56. The van der Waals surface area contributed by atoms with Crippen molar-refractivity contribution in [1.82, 2.24) is 4.57 Å². The van der Waals surface area contributed by atoms with Crippen molar-refractivity contribution < 1.29 is 9.90 Å². The molecule has 2 aromatic rings. The van der Waals surface area contributed by atoms with Crippen LogP contribution in [-0.2, 0) is 0 Å². The number of carboxylic acids is 1. The normalized spacial score (nSPS) is 10.5. The average Bonchev–Trinajstić information content (AvgIpc) is 2.55. The van der Waals surface area contributed by atoms with Crippen molar-refractivity contribution in [3.8, 4) is 0 Å². The van der Waals surface area contributed by atoms with Crippen molar-refractivity contribution in [2.45, 2.75) is 0 Å². The summed E-state index contributed by atoms with van der Waals surface area (Å²) in [6, 6.07) is 7.24. The Labute approximate surface area is 94.8 Å². The van der Waals surface area contributed by atoms with E-state index in [1.165, 1.54) is 6.20 Å². The molecule has 4 heteroatoms. The zero-order valence-corrected chi connectivity index (χ0v) is 9.36. The number of halogens is 1. The number of fused-ring (bicyclic) bond motifs is 1. The minimum Gasteiger partial charge on any atom is -0.477 e. The SMILES string of the molecule is C=Cn1c(C(=O)O)cc2ccc(Br)cc21. The fraction of sp³-hybridized carbons (Fsp3) is 0. The summed E-state index contributed by atoms with van der Waals surface area (Å²) in [5, 5.41) is 9.87. The van der Waals surface area contributed by atoms with Crippen molar-refractivity contribution >= 4 is 39.0 Å². The standard InChI is InChI=1S/C11H8BrNO2/c1-2-13-9-6-8(12)4-3-7(9)5-10(13)11(14)15/h2-6H,1H2,(H,14,15). The molecule has 0 spiro atoms. The second-order valence-electron chi connectivity index (χ2n) is 3.09. The van der Waals surface area contributed by atoms with Crippen LogP contribution in [-0.4, -0.2) is 15.6 Å². The number of nitrogens with zero attached hydrogens (tertiary/aromatic N) is 1. The molecule has 15 heavy (non-hydrogen) atoms. The summed E-state index contributed by atoms with van der Waals surface area (Å²) in [6.45, 7) is 3.61. The van der Waals surface area contributed by atoms with Gasteiger partial charge in [-0.05, 0) is 18.2 Å². The van der Waals surface area contributed by atoms with Gasteiger partial charge in [-0.15, -0.1) is 0 Å². The Bertz CT molecular complexity index is 557. The first-order valence-corrected chi connectivity index (χ1v) is 5.09. The summed E-state index contributed by atoms with van der Waals surface area (Å²) in [5.41, 5.74) is 1.05. The molecule has 3 nitrogen and oxygen atoms in total. The van der Waals surface area contributed by atoms with Gasteiger partial charge < -0.3 is 9.67 Å². The van der Waals surface area contributed by atoms with Crippen LogP contribution in [0.3, 0.4) is 0 Å². The molecular formula is C11H8BrNO2. The van der Waals surface area contributed by atoms with E-state index in [9.17, 15) is 4.79 Å². The predicted octanol–water partition coefficient (Wildman–Crippen LogP) is 3.20. The van der Waals surface area contributed by atoms with Crippen LogP contribution in [0.15, 0.2) is 35.3 Å². The van der Waals surface area contributed by atoms with Gasteiger partial charge in [-0.1, -0.05) is 28.6 Å². The minimum atomic E-state index is -0.956. The summed E-state index contributed by atoms with van der Waals surface area (Å²) in [5.74, 6) is -0.956. The van der Waals surface area contributed by atoms with Gasteiger partial charge in [0.15, 0.2) is 0 Å². The smallest absolute Gasteiger partial charge is 0.352 e. The van der Waals surface area contributed by atoms with E-state index in [1.807, 2.05) is 18.2 Å². The maximum atomic E-state index is 11.0. The number of hydrogen-bond donors (Lipinski definition) is 1. The molecule has 76 valence electrons. The molecule has 0 fully saturated rings. The second-order valence-corrected chi connectivity index (χ2v) is 4.01. The van der Waals surface area contributed by atoms with Crippen molar-refractivity contribution in [3.63, 3.8) is 0 Å². The maximum Gasteiger partial charge on any atom is 0.352 e. The van der Waals surface area contributed by atoms with Crippen molar-refractivity contribution in [2.24, 2.45) is 0 Å². The van der Waals surface area contributed by atoms with Gasteiger partial charge in [0.25, 0.3) is 0 Å². The van der Waals surface area contributed by atoms with E-state index in [4.69, 9.17) is 5.11 Å². The van der Waals surface area contributed by atoms with Crippen LogP contribution in [0.5, 0.6) is 0 Å². The van der Waals surface area contributed by atoms with Gasteiger partial charge in [-0.25, -0.2) is 4.79 Å². The van der Waals surface area contributed by atoms with Gasteiger partial charge in [0, 0.05) is 16.1 Å². The van der Waals surface area contributed by atoms with Gasteiger partial charge in [0.2, 0.25) is 0 Å². The highest BCUT2D eigenvalue weighted by Crippen LogP contribution is 2.24. The molecular weight excluding hydrogens is 258 g/mol. The Morgan fingerprint density at radius 2 is 2.20 bits per heavy atom. The lowest BCUT2D eigenvalue weighted by atomic mass is 10.2.